The summed E-state index contributed by atoms with van der Waals surface area (Å²) in [7, 11) is 2.29. The van der Waals surface area contributed by atoms with Crippen molar-refractivity contribution in [3.63, 3.8) is 0 Å². The summed E-state index contributed by atoms with van der Waals surface area (Å²) >= 11 is 5.36. The van der Waals surface area contributed by atoms with Gasteiger partial charge in [-0.1, -0.05) is 11.6 Å². The monoisotopic (exact) mass is 233 g/mol. The lowest BCUT2D eigenvalue weighted by atomic mass is 10.1. The number of nitriles is 1. The molecule has 0 aliphatic heterocycles. The Balaban J connectivity index is 3.69. The molecule has 0 saturated carbocycles. The molecular weight excluding hydrogens is 228 g/mol. The van der Waals surface area contributed by atoms with Gasteiger partial charge in [-0.25, -0.2) is 8.78 Å². The Bertz CT molecular complexity index is 412. The van der Waals surface area contributed by atoms with Crippen LogP contribution in [0.2, 0.25) is 5.02 Å². The van der Waals surface area contributed by atoms with Crippen molar-refractivity contribution in [1.82, 2.24) is 0 Å². The summed E-state index contributed by atoms with van der Waals surface area (Å²) in [5, 5.41) is 7.95. The van der Waals surface area contributed by atoms with E-state index < -0.39 is 28.2 Å². The number of methoxy groups -OCH3 is 2. The van der Waals surface area contributed by atoms with Crippen molar-refractivity contribution in [2.24, 2.45) is 0 Å². The Morgan fingerprint density at radius 2 is 1.53 bits per heavy atom. The second-order valence-electron chi connectivity index (χ2n) is 2.50. The minimum atomic E-state index is -1.12. The van der Waals surface area contributed by atoms with E-state index in [1.54, 1.807) is 6.07 Å². The van der Waals surface area contributed by atoms with Crippen LogP contribution in [0.1, 0.15) is 5.56 Å². The molecule has 0 atom stereocenters. The highest BCUT2D eigenvalue weighted by Gasteiger charge is 2.25. The van der Waals surface area contributed by atoms with E-state index in [9.17, 15) is 8.78 Å². The smallest absolute Gasteiger partial charge is 0.188 e. The molecule has 0 spiro atoms. The molecule has 0 fully saturated rings. The molecule has 1 aromatic rings. The van der Waals surface area contributed by atoms with E-state index in [1.807, 2.05) is 0 Å². The first-order chi connectivity index (χ1) is 7.08. The summed E-state index contributed by atoms with van der Waals surface area (Å²) < 4.78 is 35.9. The van der Waals surface area contributed by atoms with Crippen LogP contribution in [0.5, 0.6) is 11.5 Å². The summed E-state index contributed by atoms with van der Waals surface area (Å²) in [6.45, 7) is 0. The maximum atomic E-state index is 13.3. The highest BCUT2D eigenvalue weighted by Crippen LogP contribution is 2.38. The third kappa shape index (κ3) is 1.68. The fraction of sp³-hybridized carbons (Fsp3) is 0.222. The fourth-order valence-corrected chi connectivity index (χ4v) is 1.27. The first-order valence-corrected chi connectivity index (χ1v) is 4.14. The number of hydrogen-bond acceptors (Lipinski definition) is 3. The normalized spacial score (nSPS) is 9.60. The third-order valence-electron chi connectivity index (χ3n) is 1.76. The Morgan fingerprint density at radius 1 is 1.13 bits per heavy atom. The number of halogens is 3. The van der Waals surface area contributed by atoms with Crippen LogP contribution in [0.3, 0.4) is 0 Å². The number of rotatable bonds is 2. The van der Waals surface area contributed by atoms with Crippen LogP contribution in [0.25, 0.3) is 0 Å². The first-order valence-electron chi connectivity index (χ1n) is 3.77. The van der Waals surface area contributed by atoms with Gasteiger partial charge in [-0.3, -0.25) is 0 Å². The van der Waals surface area contributed by atoms with Gasteiger partial charge < -0.3 is 9.47 Å². The number of ether oxygens (including phenoxy) is 2. The van der Waals surface area contributed by atoms with Gasteiger partial charge in [-0.05, 0) is 0 Å². The zero-order valence-corrected chi connectivity index (χ0v) is 8.65. The van der Waals surface area contributed by atoms with Crippen molar-refractivity contribution in [1.29, 1.82) is 5.26 Å². The minimum absolute atomic E-state index is 0.362. The first kappa shape index (κ1) is 11.5. The maximum absolute atomic E-state index is 13.3. The number of nitrogens with zero attached hydrogens (tertiary/aromatic N) is 1. The lowest BCUT2D eigenvalue weighted by Crippen LogP contribution is -2.01. The van der Waals surface area contributed by atoms with Gasteiger partial charge in [0.1, 0.15) is 16.7 Å². The molecule has 0 saturated heterocycles. The third-order valence-corrected chi connectivity index (χ3v) is 2.09. The molecule has 6 heteroatoms. The van der Waals surface area contributed by atoms with Crippen LogP contribution in [-0.4, -0.2) is 14.2 Å². The van der Waals surface area contributed by atoms with E-state index in [2.05, 4.69) is 9.47 Å². The SMILES string of the molecule is COc1c(F)c(Cl)c(F)c(OC)c1C#N. The average Bonchev–Trinajstić information content (AvgIpc) is 2.25. The van der Waals surface area contributed by atoms with E-state index in [0.29, 0.717) is 0 Å². The average molecular weight is 234 g/mol. The summed E-state index contributed by atoms with van der Waals surface area (Å²) in [6, 6.07) is 1.59. The van der Waals surface area contributed by atoms with Crippen molar-refractivity contribution in [3.8, 4) is 17.6 Å². The van der Waals surface area contributed by atoms with Gasteiger partial charge in [0.2, 0.25) is 0 Å². The topological polar surface area (TPSA) is 42.2 Å². The Morgan fingerprint density at radius 3 is 1.80 bits per heavy atom. The minimum Gasteiger partial charge on any atom is -0.492 e. The summed E-state index contributed by atoms with van der Waals surface area (Å²) in [5.74, 6) is -3.09. The molecule has 3 nitrogen and oxygen atoms in total. The lowest BCUT2D eigenvalue weighted by molar-refractivity contribution is 0.356. The van der Waals surface area contributed by atoms with Crippen molar-refractivity contribution in [2.45, 2.75) is 0 Å². The van der Waals surface area contributed by atoms with E-state index in [4.69, 9.17) is 16.9 Å². The Labute approximate surface area is 89.8 Å². The van der Waals surface area contributed by atoms with Crippen molar-refractivity contribution < 1.29 is 18.3 Å². The van der Waals surface area contributed by atoms with Crippen molar-refractivity contribution >= 4 is 11.6 Å². The molecule has 0 heterocycles. The Kier molecular flexibility index (Phi) is 3.32. The van der Waals surface area contributed by atoms with E-state index in [1.165, 1.54) is 0 Å². The highest BCUT2D eigenvalue weighted by molar-refractivity contribution is 6.31. The summed E-state index contributed by atoms with van der Waals surface area (Å²) in [5.41, 5.74) is -0.362. The van der Waals surface area contributed by atoms with Gasteiger partial charge in [0.05, 0.1) is 14.2 Å². The van der Waals surface area contributed by atoms with Crippen molar-refractivity contribution in [2.75, 3.05) is 14.2 Å². The molecule has 0 radical (unpaired) electrons. The van der Waals surface area contributed by atoms with E-state index in [0.717, 1.165) is 14.2 Å². The predicted octanol–water partition coefficient (Wildman–Crippen LogP) is 2.51. The van der Waals surface area contributed by atoms with Gasteiger partial charge in [0.15, 0.2) is 23.1 Å². The highest BCUT2D eigenvalue weighted by atomic mass is 35.5. The van der Waals surface area contributed by atoms with Crippen LogP contribution in [0.4, 0.5) is 8.78 Å². The predicted molar refractivity (Wildman–Crippen MR) is 49.2 cm³/mol. The maximum Gasteiger partial charge on any atom is 0.188 e. The second-order valence-corrected chi connectivity index (χ2v) is 2.87. The van der Waals surface area contributed by atoms with E-state index >= 15 is 0 Å². The molecule has 1 aromatic carbocycles. The van der Waals surface area contributed by atoms with Gasteiger partial charge in [0.25, 0.3) is 0 Å². The quantitative estimate of drug-likeness (QED) is 0.737. The molecule has 80 valence electrons. The van der Waals surface area contributed by atoms with Gasteiger partial charge in [-0.15, -0.1) is 0 Å². The standard InChI is InChI=1S/C9H6ClF2NO2/c1-14-8-4(3-13)9(15-2)7(12)5(10)6(8)11/h1-2H3. The molecule has 0 aliphatic rings. The molecular formula is C9H6ClF2NO2. The lowest BCUT2D eigenvalue weighted by Gasteiger charge is -2.11. The molecule has 0 aliphatic carbocycles. The summed E-state index contributed by atoms with van der Waals surface area (Å²) in [6.07, 6.45) is 0. The zero-order chi connectivity index (χ0) is 11.6. The van der Waals surface area contributed by atoms with Crippen molar-refractivity contribution in [3.05, 3.63) is 22.2 Å². The van der Waals surface area contributed by atoms with Gasteiger partial charge in [-0.2, -0.15) is 5.26 Å². The Hall–Kier alpha value is -1.54. The van der Waals surface area contributed by atoms with E-state index in [-0.39, 0.29) is 5.56 Å². The zero-order valence-electron chi connectivity index (χ0n) is 7.90. The van der Waals surface area contributed by atoms with Crippen LogP contribution in [0.15, 0.2) is 0 Å². The number of benzene rings is 1. The largest absolute Gasteiger partial charge is 0.492 e. The molecule has 0 bridgehead atoms. The molecule has 15 heavy (non-hydrogen) atoms. The van der Waals surface area contributed by atoms with Crippen LogP contribution in [-0.2, 0) is 0 Å². The molecule has 0 N–H and O–H groups in total. The van der Waals surface area contributed by atoms with Crippen LogP contribution >= 0.6 is 11.6 Å². The van der Waals surface area contributed by atoms with Gasteiger partial charge >= 0.3 is 0 Å². The molecule has 0 unspecified atom stereocenters. The molecule has 1 rings (SSSR count). The summed E-state index contributed by atoms with van der Waals surface area (Å²) in [4.78, 5) is 0. The van der Waals surface area contributed by atoms with Crippen LogP contribution < -0.4 is 9.47 Å². The fourth-order valence-electron chi connectivity index (χ4n) is 1.10. The van der Waals surface area contributed by atoms with Crippen LogP contribution in [0, 0.1) is 23.0 Å². The molecule has 0 aromatic heterocycles. The molecule has 0 amide bonds. The van der Waals surface area contributed by atoms with Gasteiger partial charge in [0, 0.05) is 0 Å². The second kappa shape index (κ2) is 4.32. The number of hydrogen-bond donors (Lipinski definition) is 0.